The van der Waals surface area contributed by atoms with Crippen molar-refractivity contribution in [1.29, 1.82) is 0 Å². The number of ether oxygens (including phenoxy) is 2. The van der Waals surface area contributed by atoms with E-state index in [1.54, 1.807) is 0 Å². The summed E-state index contributed by atoms with van der Waals surface area (Å²) in [4.78, 5) is 15.5. The smallest absolute Gasteiger partial charge is 0.340 e. The molecule has 1 aliphatic rings. The van der Waals surface area contributed by atoms with Crippen LogP contribution in [0.4, 0.5) is 0 Å². The first-order valence-electron chi connectivity index (χ1n) is 4.76. The van der Waals surface area contributed by atoms with Gasteiger partial charge in [-0.1, -0.05) is 23.2 Å². The molecule has 1 unspecified atom stereocenters. The molecule has 0 bridgehead atoms. The molecule has 0 aliphatic carbocycles. The van der Waals surface area contributed by atoms with Crippen molar-refractivity contribution in [2.75, 3.05) is 13.2 Å². The predicted molar refractivity (Wildman–Crippen MR) is 58.9 cm³/mol. The van der Waals surface area contributed by atoms with Crippen LogP contribution < -0.4 is 0 Å². The fourth-order valence-corrected chi connectivity index (χ4v) is 1.73. The fourth-order valence-electron chi connectivity index (χ4n) is 1.39. The number of rotatable bonds is 2. The van der Waals surface area contributed by atoms with Crippen LogP contribution >= 0.6 is 23.2 Å². The van der Waals surface area contributed by atoms with E-state index in [4.69, 9.17) is 32.7 Å². The maximum absolute atomic E-state index is 11.7. The second kappa shape index (κ2) is 4.99. The average Bonchev–Trinajstić information content (AvgIpc) is 2.74. The molecule has 6 heteroatoms. The number of hydrogen-bond donors (Lipinski definition) is 0. The Kier molecular flexibility index (Phi) is 3.63. The first-order valence-corrected chi connectivity index (χ1v) is 5.52. The Morgan fingerprint density at radius 3 is 3.06 bits per heavy atom. The minimum atomic E-state index is -0.496. The van der Waals surface area contributed by atoms with E-state index in [9.17, 15) is 4.79 Å². The lowest BCUT2D eigenvalue weighted by atomic mass is 10.2. The van der Waals surface area contributed by atoms with E-state index in [-0.39, 0.29) is 21.8 Å². The number of aromatic nitrogens is 1. The molecule has 1 saturated heterocycles. The molecular weight excluding hydrogens is 253 g/mol. The van der Waals surface area contributed by atoms with Crippen LogP contribution in [0, 0.1) is 0 Å². The summed E-state index contributed by atoms with van der Waals surface area (Å²) in [6, 6.07) is 1.39. The van der Waals surface area contributed by atoms with Gasteiger partial charge in [-0.3, -0.25) is 0 Å². The zero-order valence-corrected chi connectivity index (χ0v) is 9.79. The van der Waals surface area contributed by atoms with E-state index >= 15 is 0 Å². The summed E-state index contributed by atoms with van der Waals surface area (Å²) in [6.45, 7) is 1.05. The van der Waals surface area contributed by atoms with Gasteiger partial charge in [0.15, 0.2) is 0 Å². The van der Waals surface area contributed by atoms with E-state index in [0.717, 1.165) is 0 Å². The van der Waals surface area contributed by atoms with Gasteiger partial charge in [-0.2, -0.15) is 0 Å². The summed E-state index contributed by atoms with van der Waals surface area (Å²) < 4.78 is 10.3. The van der Waals surface area contributed by atoms with Crippen LogP contribution in [0.5, 0.6) is 0 Å². The van der Waals surface area contributed by atoms with Crippen molar-refractivity contribution < 1.29 is 14.3 Å². The predicted octanol–water partition coefficient (Wildman–Crippen LogP) is 2.33. The van der Waals surface area contributed by atoms with Crippen LogP contribution in [0.2, 0.25) is 10.2 Å². The summed E-state index contributed by atoms with van der Waals surface area (Å²) in [5.74, 6) is -0.496. The van der Waals surface area contributed by atoms with Gasteiger partial charge < -0.3 is 9.47 Å². The van der Waals surface area contributed by atoms with Crippen LogP contribution in [0.15, 0.2) is 12.3 Å². The Morgan fingerprint density at radius 1 is 1.56 bits per heavy atom. The van der Waals surface area contributed by atoms with Gasteiger partial charge in [0.2, 0.25) is 0 Å². The van der Waals surface area contributed by atoms with Crippen molar-refractivity contribution in [3.63, 3.8) is 0 Å². The van der Waals surface area contributed by atoms with Crippen LogP contribution in [0.25, 0.3) is 0 Å². The van der Waals surface area contributed by atoms with Crippen molar-refractivity contribution in [3.05, 3.63) is 28.0 Å². The van der Waals surface area contributed by atoms with E-state index in [0.29, 0.717) is 19.6 Å². The van der Waals surface area contributed by atoms with Gasteiger partial charge in [-0.15, -0.1) is 0 Å². The zero-order chi connectivity index (χ0) is 11.5. The lowest BCUT2D eigenvalue weighted by molar-refractivity contribution is 0.0271. The fraction of sp³-hybridized carbons (Fsp3) is 0.400. The van der Waals surface area contributed by atoms with Crippen LogP contribution in [-0.2, 0) is 9.47 Å². The van der Waals surface area contributed by atoms with E-state index < -0.39 is 5.97 Å². The molecule has 86 valence electrons. The molecule has 0 saturated carbocycles. The Hall–Kier alpha value is -0.840. The standard InChI is InChI=1S/C10H9Cl2NO3/c11-8-4-13-9(12)3-7(8)10(14)16-6-1-2-15-5-6/h3-4,6H,1-2,5H2. The first kappa shape index (κ1) is 11.6. The van der Waals surface area contributed by atoms with E-state index in [2.05, 4.69) is 4.98 Å². The number of halogens is 2. The number of hydrogen-bond acceptors (Lipinski definition) is 4. The van der Waals surface area contributed by atoms with Crippen molar-refractivity contribution in [2.45, 2.75) is 12.5 Å². The quantitative estimate of drug-likeness (QED) is 0.606. The van der Waals surface area contributed by atoms with Crippen LogP contribution in [0.1, 0.15) is 16.8 Å². The molecule has 0 N–H and O–H groups in total. The Labute approximate surface area is 102 Å². The second-order valence-electron chi connectivity index (χ2n) is 3.38. The minimum absolute atomic E-state index is 0.199. The third kappa shape index (κ3) is 2.64. The maximum atomic E-state index is 11.7. The van der Waals surface area contributed by atoms with Gasteiger partial charge in [0.1, 0.15) is 11.3 Å². The minimum Gasteiger partial charge on any atom is -0.456 e. The molecule has 16 heavy (non-hydrogen) atoms. The van der Waals surface area contributed by atoms with Gasteiger partial charge in [-0.25, -0.2) is 9.78 Å². The molecule has 1 aromatic rings. The monoisotopic (exact) mass is 261 g/mol. The molecule has 0 radical (unpaired) electrons. The number of carbonyl (C=O) groups is 1. The van der Waals surface area contributed by atoms with Crippen molar-refractivity contribution in [1.82, 2.24) is 4.98 Å². The third-order valence-electron chi connectivity index (χ3n) is 2.20. The molecule has 2 rings (SSSR count). The first-order chi connectivity index (χ1) is 7.66. The Bertz CT molecular complexity index is 405. The zero-order valence-electron chi connectivity index (χ0n) is 8.28. The van der Waals surface area contributed by atoms with Crippen molar-refractivity contribution >= 4 is 29.2 Å². The summed E-state index contributed by atoms with van der Waals surface area (Å²) in [5.41, 5.74) is 0.230. The largest absolute Gasteiger partial charge is 0.456 e. The highest BCUT2D eigenvalue weighted by atomic mass is 35.5. The highest BCUT2D eigenvalue weighted by Crippen LogP contribution is 2.20. The topological polar surface area (TPSA) is 48.4 Å². The lowest BCUT2D eigenvalue weighted by Crippen LogP contribution is -2.18. The van der Waals surface area contributed by atoms with E-state index in [1.165, 1.54) is 12.3 Å². The van der Waals surface area contributed by atoms with E-state index in [1.807, 2.05) is 0 Å². The average molecular weight is 262 g/mol. The molecule has 4 nitrogen and oxygen atoms in total. The number of nitrogens with zero attached hydrogens (tertiary/aromatic N) is 1. The lowest BCUT2D eigenvalue weighted by Gasteiger charge is -2.10. The van der Waals surface area contributed by atoms with Gasteiger partial charge in [0.05, 0.1) is 23.8 Å². The van der Waals surface area contributed by atoms with Crippen LogP contribution in [0.3, 0.4) is 0 Å². The second-order valence-corrected chi connectivity index (χ2v) is 4.17. The summed E-state index contributed by atoms with van der Waals surface area (Å²) >= 11 is 11.5. The number of pyridine rings is 1. The molecule has 1 aliphatic heterocycles. The molecule has 0 amide bonds. The molecule has 0 spiro atoms. The number of carbonyl (C=O) groups excluding carboxylic acids is 1. The van der Waals surface area contributed by atoms with Gasteiger partial charge in [-0.05, 0) is 6.07 Å². The van der Waals surface area contributed by atoms with Crippen molar-refractivity contribution in [2.24, 2.45) is 0 Å². The van der Waals surface area contributed by atoms with Gasteiger partial charge in [0, 0.05) is 12.6 Å². The molecule has 1 fully saturated rings. The molecule has 1 aromatic heterocycles. The maximum Gasteiger partial charge on any atom is 0.340 e. The SMILES string of the molecule is O=C(OC1CCOC1)c1cc(Cl)ncc1Cl. The molecule has 2 heterocycles. The van der Waals surface area contributed by atoms with Gasteiger partial charge >= 0.3 is 5.97 Å². The Balaban J connectivity index is 2.10. The normalized spacial score (nSPS) is 19.8. The third-order valence-corrected chi connectivity index (χ3v) is 2.71. The summed E-state index contributed by atoms with van der Waals surface area (Å²) in [5, 5.41) is 0.437. The van der Waals surface area contributed by atoms with Crippen molar-refractivity contribution in [3.8, 4) is 0 Å². The molecule has 1 atom stereocenters. The summed E-state index contributed by atoms with van der Waals surface area (Å²) in [7, 11) is 0. The van der Waals surface area contributed by atoms with Gasteiger partial charge in [0.25, 0.3) is 0 Å². The molecule has 0 aromatic carbocycles. The number of esters is 1. The highest BCUT2D eigenvalue weighted by molar-refractivity contribution is 6.34. The molecular formula is C10H9Cl2NO3. The Morgan fingerprint density at radius 2 is 2.38 bits per heavy atom. The van der Waals surface area contributed by atoms with Crippen LogP contribution in [-0.4, -0.2) is 30.3 Å². The highest BCUT2D eigenvalue weighted by Gasteiger charge is 2.22. The summed E-state index contributed by atoms with van der Waals surface area (Å²) in [6.07, 6.45) is 1.84.